The molecule has 0 saturated carbocycles. The van der Waals surface area contributed by atoms with Gasteiger partial charge in [0.25, 0.3) is 0 Å². The highest BCUT2D eigenvalue weighted by molar-refractivity contribution is 5.25. The number of hydrogen-bond donors (Lipinski definition) is 1. The van der Waals surface area contributed by atoms with E-state index in [1.54, 1.807) is 10.8 Å². The van der Waals surface area contributed by atoms with E-state index in [-0.39, 0.29) is 11.7 Å². The van der Waals surface area contributed by atoms with Crippen molar-refractivity contribution in [2.24, 2.45) is 0 Å². The maximum Gasteiger partial charge on any atom is 0.334 e. The lowest BCUT2D eigenvalue weighted by atomic mass is 10.1. The first-order chi connectivity index (χ1) is 11.7. The van der Waals surface area contributed by atoms with Crippen molar-refractivity contribution in [2.45, 2.75) is 31.7 Å². The van der Waals surface area contributed by atoms with Crippen LogP contribution in [0, 0.1) is 0 Å². The minimum Gasteiger partial charge on any atom is -0.317 e. The molecule has 0 radical (unpaired) electrons. The van der Waals surface area contributed by atoms with Crippen LogP contribution in [0.2, 0.25) is 0 Å². The van der Waals surface area contributed by atoms with Gasteiger partial charge in [0.1, 0.15) is 0 Å². The maximum atomic E-state index is 12.8. The van der Waals surface area contributed by atoms with Crippen molar-refractivity contribution in [1.82, 2.24) is 29.3 Å². The molecule has 2 aromatic heterocycles. The minimum absolute atomic E-state index is 0.0121. The zero-order valence-corrected chi connectivity index (χ0v) is 14.1. The van der Waals surface area contributed by atoms with Crippen LogP contribution in [0.4, 0.5) is 0 Å². The summed E-state index contributed by atoms with van der Waals surface area (Å²) >= 11 is 0. The monoisotopic (exact) mass is 328 g/mol. The van der Waals surface area contributed by atoms with Crippen molar-refractivity contribution in [3.63, 3.8) is 0 Å². The van der Waals surface area contributed by atoms with Crippen LogP contribution >= 0.6 is 0 Å². The maximum absolute atomic E-state index is 12.8. The van der Waals surface area contributed by atoms with Crippen LogP contribution in [0.1, 0.15) is 30.3 Å². The van der Waals surface area contributed by atoms with Crippen molar-refractivity contribution in [3.05, 3.63) is 40.5 Å². The topological polar surface area (TPSA) is 68.0 Å². The SMILES string of the molecule is CN1CCc2ncc(-n3ccn(C4CCNCC4)c3=O)nc2CC1. The summed E-state index contributed by atoms with van der Waals surface area (Å²) in [7, 11) is 2.12. The second-order valence-corrected chi connectivity index (χ2v) is 6.76. The zero-order valence-electron chi connectivity index (χ0n) is 14.1. The number of aromatic nitrogens is 4. The first kappa shape index (κ1) is 15.5. The van der Waals surface area contributed by atoms with Gasteiger partial charge in [-0.25, -0.2) is 9.78 Å². The van der Waals surface area contributed by atoms with Crippen molar-refractivity contribution in [2.75, 3.05) is 33.2 Å². The molecule has 0 unspecified atom stereocenters. The van der Waals surface area contributed by atoms with Crippen LogP contribution in [-0.2, 0) is 12.8 Å². The molecule has 1 fully saturated rings. The van der Waals surface area contributed by atoms with Crippen molar-refractivity contribution in [3.8, 4) is 5.82 Å². The largest absolute Gasteiger partial charge is 0.334 e. The van der Waals surface area contributed by atoms with E-state index in [1.807, 2.05) is 17.0 Å². The van der Waals surface area contributed by atoms with Gasteiger partial charge in [-0.1, -0.05) is 0 Å². The van der Waals surface area contributed by atoms with Crippen LogP contribution in [0.15, 0.2) is 23.4 Å². The Morgan fingerprint density at radius 1 is 1.12 bits per heavy atom. The smallest absolute Gasteiger partial charge is 0.317 e. The molecule has 7 heteroatoms. The molecule has 2 aromatic rings. The Morgan fingerprint density at radius 2 is 1.88 bits per heavy atom. The molecule has 7 nitrogen and oxygen atoms in total. The molecular formula is C17H24N6O. The van der Waals surface area contributed by atoms with Crippen LogP contribution < -0.4 is 11.0 Å². The van der Waals surface area contributed by atoms with Crippen molar-refractivity contribution < 1.29 is 0 Å². The van der Waals surface area contributed by atoms with Gasteiger partial charge in [0.05, 0.1) is 17.6 Å². The Kier molecular flexibility index (Phi) is 4.20. The number of fused-ring (bicyclic) bond motifs is 1. The molecular weight excluding hydrogens is 304 g/mol. The highest BCUT2D eigenvalue weighted by Gasteiger charge is 2.19. The fraction of sp³-hybridized carbons (Fsp3) is 0.588. The van der Waals surface area contributed by atoms with Gasteiger partial charge < -0.3 is 10.2 Å². The van der Waals surface area contributed by atoms with Gasteiger partial charge in [0, 0.05) is 44.4 Å². The molecule has 0 bridgehead atoms. The van der Waals surface area contributed by atoms with Crippen LogP contribution in [0.5, 0.6) is 0 Å². The van der Waals surface area contributed by atoms with E-state index in [2.05, 4.69) is 22.2 Å². The summed E-state index contributed by atoms with van der Waals surface area (Å²) in [4.78, 5) is 24.4. The lowest BCUT2D eigenvalue weighted by molar-refractivity contribution is 0.351. The molecule has 24 heavy (non-hydrogen) atoms. The van der Waals surface area contributed by atoms with Gasteiger partial charge in [0.15, 0.2) is 5.82 Å². The Balaban J connectivity index is 1.65. The Labute approximate surface area is 141 Å². The average Bonchev–Trinajstić information content (AvgIpc) is 2.90. The van der Waals surface area contributed by atoms with E-state index in [9.17, 15) is 4.79 Å². The van der Waals surface area contributed by atoms with E-state index in [1.165, 1.54) is 0 Å². The summed E-state index contributed by atoms with van der Waals surface area (Å²) < 4.78 is 3.48. The summed E-state index contributed by atoms with van der Waals surface area (Å²) in [6.07, 6.45) is 9.24. The third-order valence-electron chi connectivity index (χ3n) is 5.13. The number of likely N-dealkylation sites (N-methyl/N-ethyl adjacent to an activating group) is 1. The van der Waals surface area contributed by atoms with E-state index < -0.39 is 0 Å². The molecule has 1 N–H and O–H groups in total. The highest BCUT2D eigenvalue weighted by Crippen LogP contribution is 2.17. The molecule has 2 aliphatic heterocycles. The molecule has 4 rings (SSSR count). The molecule has 2 aliphatic rings. The summed E-state index contributed by atoms with van der Waals surface area (Å²) in [5, 5.41) is 3.34. The third-order valence-corrected chi connectivity index (χ3v) is 5.13. The lowest BCUT2D eigenvalue weighted by Crippen LogP contribution is -2.34. The van der Waals surface area contributed by atoms with Crippen LogP contribution in [0.25, 0.3) is 5.82 Å². The number of hydrogen-bond acceptors (Lipinski definition) is 5. The molecule has 1 saturated heterocycles. The van der Waals surface area contributed by atoms with E-state index in [0.29, 0.717) is 5.82 Å². The predicted molar refractivity (Wildman–Crippen MR) is 91.7 cm³/mol. The molecule has 0 aromatic carbocycles. The van der Waals surface area contributed by atoms with Gasteiger partial charge in [0.2, 0.25) is 0 Å². The highest BCUT2D eigenvalue weighted by atomic mass is 16.1. The second-order valence-electron chi connectivity index (χ2n) is 6.76. The number of rotatable bonds is 2. The predicted octanol–water partition coefficient (Wildman–Crippen LogP) is 0.384. The Hall–Kier alpha value is -1.99. The van der Waals surface area contributed by atoms with E-state index >= 15 is 0 Å². The molecule has 0 aliphatic carbocycles. The molecule has 0 spiro atoms. The average molecular weight is 328 g/mol. The zero-order chi connectivity index (χ0) is 16.5. The normalized spacial score (nSPS) is 19.9. The van der Waals surface area contributed by atoms with Gasteiger partial charge in [-0.3, -0.25) is 14.1 Å². The fourth-order valence-electron chi connectivity index (χ4n) is 3.60. The number of nitrogens with zero attached hydrogens (tertiary/aromatic N) is 5. The first-order valence-electron chi connectivity index (χ1n) is 8.76. The first-order valence-corrected chi connectivity index (χ1v) is 8.76. The quantitative estimate of drug-likeness (QED) is 0.863. The third kappa shape index (κ3) is 2.89. The van der Waals surface area contributed by atoms with Gasteiger partial charge >= 0.3 is 5.69 Å². The summed E-state index contributed by atoms with van der Waals surface area (Å²) in [5.41, 5.74) is 2.08. The second kappa shape index (κ2) is 6.49. The van der Waals surface area contributed by atoms with E-state index in [4.69, 9.17) is 4.98 Å². The number of nitrogens with one attached hydrogen (secondary N) is 1. The van der Waals surface area contributed by atoms with Gasteiger partial charge in [-0.15, -0.1) is 0 Å². The van der Waals surface area contributed by atoms with Gasteiger partial charge in [-0.2, -0.15) is 0 Å². The van der Waals surface area contributed by atoms with Gasteiger partial charge in [-0.05, 0) is 33.0 Å². The summed E-state index contributed by atoms with van der Waals surface area (Å²) in [6.45, 7) is 3.92. The number of imidazole rings is 1. The summed E-state index contributed by atoms with van der Waals surface area (Å²) in [6, 6.07) is 0.280. The molecule has 4 heterocycles. The molecule has 0 amide bonds. The van der Waals surface area contributed by atoms with Crippen LogP contribution in [-0.4, -0.2) is 57.2 Å². The standard InChI is InChI=1S/C17H24N6O/c1-21-8-4-14-15(5-9-21)20-16(12-19-14)23-11-10-22(17(23)24)13-2-6-18-7-3-13/h10-13,18H,2-9H2,1H3. The molecule has 0 atom stereocenters. The Morgan fingerprint density at radius 3 is 2.67 bits per heavy atom. The Bertz CT molecular complexity index is 774. The fourth-order valence-corrected chi connectivity index (χ4v) is 3.60. The van der Waals surface area contributed by atoms with Crippen molar-refractivity contribution >= 4 is 0 Å². The van der Waals surface area contributed by atoms with E-state index in [0.717, 1.165) is 63.3 Å². The summed E-state index contributed by atoms with van der Waals surface area (Å²) in [5.74, 6) is 0.635. The molecule has 128 valence electrons. The minimum atomic E-state index is -0.0121. The van der Waals surface area contributed by atoms with Crippen molar-refractivity contribution in [1.29, 1.82) is 0 Å². The van der Waals surface area contributed by atoms with Crippen LogP contribution in [0.3, 0.4) is 0 Å². The number of piperidine rings is 1. The lowest BCUT2D eigenvalue weighted by Gasteiger charge is -2.23.